The summed E-state index contributed by atoms with van der Waals surface area (Å²) < 4.78 is 0. The van der Waals surface area contributed by atoms with Gasteiger partial charge in [0.1, 0.15) is 28.5 Å². The molecule has 0 bridgehead atoms. The molecule has 0 unspecified atom stereocenters. The van der Waals surface area contributed by atoms with Crippen molar-refractivity contribution in [2.24, 2.45) is 0 Å². The second-order valence-electron chi connectivity index (χ2n) is 7.45. The van der Waals surface area contributed by atoms with Crippen molar-refractivity contribution in [3.05, 3.63) is 124 Å². The molecule has 0 radical (unpaired) electrons. The molecule has 0 atom stereocenters. The lowest BCUT2D eigenvalue weighted by Gasteiger charge is -2.27. The van der Waals surface area contributed by atoms with Crippen molar-refractivity contribution in [2.75, 3.05) is 0 Å². The maximum absolute atomic E-state index is 11.3. The van der Waals surface area contributed by atoms with Crippen molar-refractivity contribution in [3.63, 3.8) is 0 Å². The zero-order valence-electron chi connectivity index (χ0n) is 17.4. The van der Waals surface area contributed by atoms with Crippen LogP contribution in [0.15, 0.2) is 103 Å². The Kier molecular flexibility index (Phi) is 7.24. The Morgan fingerprint density at radius 3 is 1.32 bits per heavy atom. The molecule has 156 valence electrons. The highest BCUT2D eigenvalue weighted by Gasteiger charge is 2.47. The molecule has 0 aliphatic rings. The molecule has 0 saturated heterocycles. The van der Waals surface area contributed by atoms with Gasteiger partial charge in [0.05, 0.1) is 4.92 Å². The van der Waals surface area contributed by atoms with Gasteiger partial charge < -0.3 is 24.0 Å². The Labute approximate surface area is 200 Å². The molecule has 4 rings (SSSR count). The molecule has 5 heteroatoms. The van der Waals surface area contributed by atoms with E-state index in [9.17, 15) is 10.1 Å². The van der Waals surface area contributed by atoms with Gasteiger partial charge in [-0.15, -0.1) is 0 Å². The minimum absolute atomic E-state index is 0. The fraction of sp³-hybridized carbons (Fsp3) is 0.0769. The van der Waals surface area contributed by atoms with E-state index < -0.39 is 7.26 Å². The molecule has 0 aliphatic heterocycles. The molecule has 0 aliphatic carbocycles. The second kappa shape index (κ2) is 9.71. The molecule has 0 spiro atoms. The van der Waals surface area contributed by atoms with Gasteiger partial charge in [0.15, 0.2) is 0 Å². The van der Waals surface area contributed by atoms with Crippen LogP contribution in [0.25, 0.3) is 0 Å². The molecular weight excluding hydrogens is 516 g/mol. The van der Waals surface area contributed by atoms with E-state index in [1.807, 2.05) is 18.2 Å². The molecule has 4 aromatic carbocycles. The normalized spacial score (nSPS) is 10.9. The average Bonchev–Trinajstić information content (AvgIpc) is 2.78. The van der Waals surface area contributed by atoms with Crippen molar-refractivity contribution in [1.82, 2.24) is 0 Å². The van der Waals surface area contributed by atoms with Crippen LogP contribution in [0.4, 0.5) is 5.69 Å². The van der Waals surface area contributed by atoms with Crippen molar-refractivity contribution >= 4 is 34.2 Å². The Hall–Kier alpha value is -2.56. The molecule has 0 amide bonds. The van der Waals surface area contributed by atoms with Gasteiger partial charge in [0, 0.05) is 12.1 Å². The first kappa shape index (κ1) is 23.1. The summed E-state index contributed by atoms with van der Waals surface area (Å²) in [6.45, 7) is 4.17. The summed E-state index contributed by atoms with van der Waals surface area (Å²) >= 11 is 0. The van der Waals surface area contributed by atoms with Gasteiger partial charge in [-0.05, 0) is 62.4 Å². The number of aryl methyl sites for hydroxylation is 2. The fourth-order valence-corrected chi connectivity index (χ4v) is 8.08. The van der Waals surface area contributed by atoms with Crippen molar-refractivity contribution in [3.8, 4) is 0 Å². The number of nitrogens with zero attached hydrogens (tertiary/aromatic N) is 1. The Balaban J connectivity index is 0.00000272. The number of hydrogen-bond acceptors (Lipinski definition) is 2. The molecule has 0 fully saturated rings. The minimum Gasteiger partial charge on any atom is -1.00 e. The van der Waals surface area contributed by atoms with Gasteiger partial charge in [-0.25, -0.2) is 0 Å². The Bertz CT molecular complexity index is 1110. The van der Waals surface area contributed by atoms with E-state index in [0.717, 1.165) is 5.30 Å². The van der Waals surface area contributed by atoms with E-state index in [4.69, 9.17) is 0 Å². The molecule has 3 nitrogen and oxygen atoms in total. The van der Waals surface area contributed by atoms with Gasteiger partial charge in [-0.1, -0.05) is 53.6 Å². The Morgan fingerprint density at radius 2 is 0.935 bits per heavy atom. The smallest absolute Gasteiger partial charge is 0.269 e. The van der Waals surface area contributed by atoms with E-state index in [1.54, 1.807) is 12.1 Å². The van der Waals surface area contributed by atoms with E-state index in [-0.39, 0.29) is 34.6 Å². The van der Waals surface area contributed by atoms with E-state index in [2.05, 4.69) is 86.6 Å². The van der Waals surface area contributed by atoms with Crippen molar-refractivity contribution in [2.45, 2.75) is 13.8 Å². The van der Waals surface area contributed by atoms with Crippen molar-refractivity contribution < 1.29 is 28.9 Å². The van der Waals surface area contributed by atoms with Gasteiger partial charge in [-0.2, -0.15) is 0 Å². The van der Waals surface area contributed by atoms with Crippen LogP contribution in [0, 0.1) is 24.0 Å². The van der Waals surface area contributed by atoms with Crippen LogP contribution in [0.5, 0.6) is 0 Å². The van der Waals surface area contributed by atoms with Crippen LogP contribution >= 0.6 is 7.26 Å². The average molecular weight is 539 g/mol. The van der Waals surface area contributed by atoms with Gasteiger partial charge >= 0.3 is 0 Å². The van der Waals surface area contributed by atoms with E-state index in [0.29, 0.717) is 0 Å². The Morgan fingerprint density at radius 1 is 0.581 bits per heavy atom. The molecule has 0 heterocycles. The monoisotopic (exact) mass is 539 g/mol. The maximum atomic E-state index is 11.3. The SMILES string of the molecule is Cc1ccc([P+](c2ccccc2)(c2ccc(C)cc2)c2ccc([N+](=O)[O-])cc2)cc1.[I-]. The number of hydrogen-bond donors (Lipinski definition) is 0. The zero-order valence-corrected chi connectivity index (χ0v) is 20.5. The lowest BCUT2D eigenvalue weighted by molar-refractivity contribution is -0.384. The highest BCUT2D eigenvalue weighted by molar-refractivity contribution is 8.01. The summed E-state index contributed by atoms with van der Waals surface area (Å²) in [5.41, 5.74) is 2.52. The number of rotatable bonds is 5. The topological polar surface area (TPSA) is 43.1 Å². The summed E-state index contributed by atoms with van der Waals surface area (Å²) in [4.78, 5) is 10.9. The highest BCUT2D eigenvalue weighted by Crippen LogP contribution is 2.54. The number of nitro benzene ring substituents is 1. The lowest BCUT2D eigenvalue weighted by Crippen LogP contribution is -3.00. The fourth-order valence-electron chi connectivity index (χ4n) is 3.88. The summed E-state index contributed by atoms with van der Waals surface area (Å²) in [6.07, 6.45) is 0. The third-order valence-corrected chi connectivity index (χ3v) is 9.72. The third kappa shape index (κ3) is 4.41. The minimum atomic E-state index is -2.22. The summed E-state index contributed by atoms with van der Waals surface area (Å²) in [5.74, 6) is 0. The van der Waals surface area contributed by atoms with Crippen LogP contribution in [0.1, 0.15) is 11.1 Å². The van der Waals surface area contributed by atoms with Crippen LogP contribution in [0.2, 0.25) is 0 Å². The number of non-ortho nitro benzene ring substituents is 1. The molecule has 0 saturated carbocycles. The number of benzene rings is 4. The van der Waals surface area contributed by atoms with Crippen LogP contribution in [-0.4, -0.2) is 4.92 Å². The largest absolute Gasteiger partial charge is 1.00 e. The quantitative estimate of drug-likeness (QED) is 0.168. The van der Waals surface area contributed by atoms with Crippen LogP contribution < -0.4 is 45.2 Å². The lowest BCUT2D eigenvalue weighted by atomic mass is 10.2. The summed E-state index contributed by atoms with van der Waals surface area (Å²) in [7, 11) is -2.22. The van der Waals surface area contributed by atoms with E-state index >= 15 is 0 Å². The summed E-state index contributed by atoms with van der Waals surface area (Å²) in [5, 5.41) is 16.1. The number of halogens is 1. The molecule has 4 aromatic rings. The van der Waals surface area contributed by atoms with Crippen LogP contribution in [-0.2, 0) is 0 Å². The highest BCUT2D eigenvalue weighted by atomic mass is 127. The first-order valence-corrected chi connectivity index (χ1v) is 11.6. The standard InChI is InChI=1S/C26H23NO2P.HI/c1-20-8-14-24(15-9-20)30(23-6-4-3-5-7-23,25-16-10-21(2)11-17-25)26-18-12-22(13-19-26)27(28)29;/h3-19H,1-2H3;1H/q+1;/p-1. The molecule has 31 heavy (non-hydrogen) atoms. The summed E-state index contributed by atoms with van der Waals surface area (Å²) in [6, 6.07) is 35.0. The third-order valence-electron chi connectivity index (χ3n) is 5.43. The molecule has 0 aromatic heterocycles. The predicted molar refractivity (Wildman–Crippen MR) is 127 cm³/mol. The maximum Gasteiger partial charge on any atom is 0.269 e. The predicted octanol–water partition coefficient (Wildman–Crippen LogP) is 1.84. The molecular formula is C26H23INO2P. The van der Waals surface area contributed by atoms with E-state index in [1.165, 1.54) is 27.0 Å². The van der Waals surface area contributed by atoms with Gasteiger partial charge in [0.2, 0.25) is 0 Å². The van der Waals surface area contributed by atoms with Crippen molar-refractivity contribution in [1.29, 1.82) is 0 Å². The zero-order chi connectivity index (χ0) is 21.1. The molecule has 0 N–H and O–H groups in total. The van der Waals surface area contributed by atoms with Gasteiger partial charge in [0.25, 0.3) is 5.69 Å². The van der Waals surface area contributed by atoms with Gasteiger partial charge in [-0.3, -0.25) is 10.1 Å². The van der Waals surface area contributed by atoms with Crippen LogP contribution in [0.3, 0.4) is 0 Å². The second-order valence-corrected chi connectivity index (χ2v) is 10.9. The first-order valence-electron chi connectivity index (χ1n) is 9.86. The first-order chi connectivity index (χ1) is 14.5. The number of nitro groups is 1.